The lowest BCUT2D eigenvalue weighted by molar-refractivity contribution is 0.587. The number of aryl methyl sites for hydroxylation is 1. The van der Waals surface area contributed by atoms with Crippen LogP contribution in [0.15, 0.2) is 24.8 Å². The second kappa shape index (κ2) is 4.22. The Labute approximate surface area is 94.0 Å². The highest BCUT2D eigenvalue weighted by Gasteiger charge is 2.18. The molecule has 1 aromatic carbocycles. The summed E-state index contributed by atoms with van der Waals surface area (Å²) in [5, 5.41) is 0. The molecule has 82 valence electrons. The molecule has 0 aliphatic heterocycles. The molecule has 0 aliphatic rings. The normalized spacial score (nSPS) is 11.5. The Morgan fingerprint density at radius 3 is 2.27 bits per heavy atom. The summed E-state index contributed by atoms with van der Waals surface area (Å²) in [4.78, 5) is 0. The smallest absolute Gasteiger partial charge is 0.0126 e. The van der Waals surface area contributed by atoms with Crippen molar-refractivity contribution >= 4 is 5.57 Å². The first-order valence-corrected chi connectivity index (χ1v) is 5.65. The van der Waals surface area contributed by atoms with E-state index in [2.05, 4.69) is 59.4 Å². The molecule has 0 fully saturated rings. The van der Waals surface area contributed by atoms with E-state index in [4.69, 9.17) is 0 Å². The van der Waals surface area contributed by atoms with Crippen LogP contribution in [0.3, 0.4) is 0 Å². The molecule has 0 unspecified atom stereocenters. The van der Waals surface area contributed by atoms with E-state index in [1.54, 1.807) is 0 Å². The average Bonchev–Trinajstić information content (AvgIpc) is 2.15. The molecule has 0 saturated heterocycles. The summed E-state index contributed by atoms with van der Waals surface area (Å²) in [6.07, 6.45) is 1.10. The minimum atomic E-state index is 0.194. The van der Waals surface area contributed by atoms with Crippen molar-refractivity contribution in [2.24, 2.45) is 0 Å². The van der Waals surface area contributed by atoms with Gasteiger partial charge in [-0.15, -0.1) is 0 Å². The average molecular weight is 202 g/mol. The predicted molar refractivity (Wildman–Crippen MR) is 69.2 cm³/mol. The second-order valence-electron chi connectivity index (χ2n) is 5.26. The van der Waals surface area contributed by atoms with Crippen molar-refractivity contribution in [2.45, 2.75) is 46.5 Å². The monoisotopic (exact) mass is 202 g/mol. The van der Waals surface area contributed by atoms with Crippen LogP contribution in [0, 0.1) is 0 Å². The Hall–Kier alpha value is -1.04. The molecule has 0 radical (unpaired) electrons. The molecule has 0 atom stereocenters. The van der Waals surface area contributed by atoms with E-state index in [1.807, 2.05) is 0 Å². The van der Waals surface area contributed by atoms with E-state index in [1.165, 1.54) is 16.7 Å². The summed E-state index contributed by atoms with van der Waals surface area (Å²) in [5.41, 5.74) is 5.47. The quantitative estimate of drug-likeness (QED) is 0.658. The Morgan fingerprint density at radius 2 is 1.87 bits per heavy atom. The van der Waals surface area contributed by atoms with Crippen LogP contribution in [0.2, 0.25) is 0 Å². The molecule has 1 rings (SSSR count). The maximum absolute atomic E-state index is 4.06. The lowest BCUT2D eigenvalue weighted by Crippen LogP contribution is -2.14. The number of benzene rings is 1. The van der Waals surface area contributed by atoms with Crippen molar-refractivity contribution in [3.8, 4) is 0 Å². The van der Waals surface area contributed by atoms with Crippen LogP contribution >= 0.6 is 0 Å². The summed E-state index contributed by atoms with van der Waals surface area (Å²) in [7, 11) is 0. The van der Waals surface area contributed by atoms with Gasteiger partial charge in [0.15, 0.2) is 0 Å². The minimum absolute atomic E-state index is 0.194. The lowest BCUT2D eigenvalue weighted by atomic mass is 9.81. The standard InChI is InChI=1S/C15H22/c1-7-12-8-9-13(11(2)3)14(10-12)15(4,5)6/h8-10H,2,7H2,1,3-6H3. The largest absolute Gasteiger partial charge is 0.0955 e. The second-order valence-corrected chi connectivity index (χ2v) is 5.26. The van der Waals surface area contributed by atoms with Gasteiger partial charge in [-0.05, 0) is 35.4 Å². The summed E-state index contributed by atoms with van der Waals surface area (Å²) in [6.45, 7) is 15.1. The van der Waals surface area contributed by atoms with Gasteiger partial charge in [0.2, 0.25) is 0 Å². The highest BCUT2D eigenvalue weighted by atomic mass is 14.2. The fourth-order valence-corrected chi connectivity index (χ4v) is 1.80. The molecule has 0 spiro atoms. The number of allylic oxidation sites excluding steroid dienone is 1. The fraction of sp³-hybridized carbons (Fsp3) is 0.467. The number of hydrogen-bond donors (Lipinski definition) is 0. The first-order valence-electron chi connectivity index (χ1n) is 5.65. The topological polar surface area (TPSA) is 0 Å². The summed E-state index contributed by atoms with van der Waals surface area (Å²) in [5.74, 6) is 0. The molecular weight excluding hydrogens is 180 g/mol. The molecule has 0 aromatic heterocycles. The van der Waals surface area contributed by atoms with E-state index in [9.17, 15) is 0 Å². The van der Waals surface area contributed by atoms with Crippen molar-refractivity contribution in [1.82, 2.24) is 0 Å². The van der Waals surface area contributed by atoms with Crippen LogP contribution < -0.4 is 0 Å². The van der Waals surface area contributed by atoms with Crippen LogP contribution in [0.25, 0.3) is 5.57 Å². The molecule has 0 saturated carbocycles. The van der Waals surface area contributed by atoms with Crippen molar-refractivity contribution < 1.29 is 0 Å². The maximum atomic E-state index is 4.06. The van der Waals surface area contributed by atoms with Gasteiger partial charge in [-0.2, -0.15) is 0 Å². The fourth-order valence-electron chi connectivity index (χ4n) is 1.80. The lowest BCUT2D eigenvalue weighted by Gasteiger charge is -2.24. The van der Waals surface area contributed by atoms with E-state index in [0.717, 1.165) is 12.0 Å². The number of hydrogen-bond acceptors (Lipinski definition) is 0. The molecule has 0 amide bonds. The third kappa shape index (κ3) is 2.71. The Balaban J connectivity index is 3.36. The van der Waals surface area contributed by atoms with Gasteiger partial charge in [-0.25, -0.2) is 0 Å². The summed E-state index contributed by atoms with van der Waals surface area (Å²) < 4.78 is 0. The molecular formula is C15H22. The zero-order chi connectivity index (χ0) is 11.6. The first-order chi connectivity index (χ1) is 6.86. The zero-order valence-electron chi connectivity index (χ0n) is 10.6. The van der Waals surface area contributed by atoms with Gasteiger partial charge in [0, 0.05) is 0 Å². The Morgan fingerprint density at radius 1 is 1.27 bits per heavy atom. The predicted octanol–water partition coefficient (Wildman–Crippen LogP) is 4.58. The van der Waals surface area contributed by atoms with Crippen LogP contribution in [0.4, 0.5) is 0 Å². The van der Waals surface area contributed by atoms with Gasteiger partial charge >= 0.3 is 0 Å². The van der Waals surface area contributed by atoms with E-state index < -0.39 is 0 Å². The molecule has 0 aliphatic carbocycles. The summed E-state index contributed by atoms with van der Waals surface area (Å²) >= 11 is 0. The van der Waals surface area contributed by atoms with E-state index in [0.29, 0.717) is 0 Å². The van der Waals surface area contributed by atoms with E-state index in [-0.39, 0.29) is 5.41 Å². The molecule has 15 heavy (non-hydrogen) atoms. The van der Waals surface area contributed by atoms with Crippen molar-refractivity contribution in [3.63, 3.8) is 0 Å². The molecule has 0 nitrogen and oxygen atoms in total. The van der Waals surface area contributed by atoms with E-state index >= 15 is 0 Å². The third-order valence-corrected chi connectivity index (χ3v) is 2.76. The number of rotatable bonds is 2. The first kappa shape index (κ1) is 12.0. The molecule has 0 heteroatoms. The van der Waals surface area contributed by atoms with Crippen molar-refractivity contribution in [3.05, 3.63) is 41.5 Å². The molecule has 1 aromatic rings. The van der Waals surface area contributed by atoms with Gasteiger partial charge in [0.05, 0.1) is 0 Å². The maximum Gasteiger partial charge on any atom is -0.0126 e. The van der Waals surface area contributed by atoms with Crippen molar-refractivity contribution in [2.75, 3.05) is 0 Å². The molecule has 0 N–H and O–H groups in total. The van der Waals surface area contributed by atoms with Gasteiger partial charge in [-0.3, -0.25) is 0 Å². The minimum Gasteiger partial charge on any atom is -0.0955 e. The highest BCUT2D eigenvalue weighted by molar-refractivity contribution is 5.66. The Bertz CT molecular complexity index is 364. The van der Waals surface area contributed by atoms with Gasteiger partial charge in [0.25, 0.3) is 0 Å². The van der Waals surface area contributed by atoms with Gasteiger partial charge in [0.1, 0.15) is 0 Å². The highest BCUT2D eigenvalue weighted by Crippen LogP contribution is 2.30. The SMILES string of the molecule is C=C(C)c1ccc(CC)cc1C(C)(C)C. The van der Waals surface area contributed by atoms with Crippen LogP contribution in [-0.2, 0) is 11.8 Å². The zero-order valence-corrected chi connectivity index (χ0v) is 10.6. The van der Waals surface area contributed by atoms with Crippen molar-refractivity contribution in [1.29, 1.82) is 0 Å². The molecule has 0 bridgehead atoms. The van der Waals surface area contributed by atoms with Crippen LogP contribution in [-0.4, -0.2) is 0 Å². The van der Waals surface area contributed by atoms with Crippen LogP contribution in [0.1, 0.15) is 51.3 Å². The molecule has 0 heterocycles. The third-order valence-electron chi connectivity index (χ3n) is 2.76. The van der Waals surface area contributed by atoms with Gasteiger partial charge in [-0.1, -0.05) is 58.0 Å². The van der Waals surface area contributed by atoms with Crippen LogP contribution in [0.5, 0.6) is 0 Å². The summed E-state index contributed by atoms with van der Waals surface area (Å²) in [6, 6.07) is 6.74. The van der Waals surface area contributed by atoms with Gasteiger partial charge < -0.3 is 0 Å². The Kier molecular flexibility index (Phi) is 3.38.